The van der Waals surface area contributed by atoms with Gasteiger partial charge in [-0.05, 0) is 56.5 Å². The van der Waals surface area contributed by atoms with Crippen molar-refractivity contribution in [3.8, 4) is 5.75 Å². The van der Waals surface area contributed by atoms with E-state index in [-0.39, 0.29) is 29.8 Å². The van der Waals surface area contributed by atoms with Crippen LogP contribution in [0.3, 0.4) is 0 Å². The highest BCUT2D eigenvalue weighted by Gasteiger charge is 2.19. The first-order valence-electron chi connectivity index (χ1n) is 9.29. The summed E-state index contributed by atoms with van der Waals surface area (Å²) in [5, 5.41) is 6.85. The van der Waals surface area contributed by atoms with Crippen molar-refractivity contribution < 1.29 is 9.13 Å². The molecule has 0 radical (unpaired) electrons. The fourth-order valence-electron chi connectivity index (χ4n) is 3.00. The average molecular weight is 478 g/mol. The van der Waals surface area contributed by atoms with E-state index in [0.29, 0.717) is 18.4 Å². The normalized spacial score (nSPS) is 16.0. The highest BCUT2D eigenvalue weighted by atomic mass is 127. The van der Waals surface area contributed by atoms with Gasteiger partial charge in [0, 0.05) is 32.7 Å². The van der Waals surface area contributed by atoms with Gasteiger partial charge in [-0.1, -0.05) is 6.92 Å². The van der Waals surface area contributed by atoms with Crippen LogP contribution in [0, 0.1) is 5.82 Å². The molecule has 0 aromatic heterocycles. The lowest BCUT2D eigenvalue weighted by Crippen LogP contribution is -2.49. The Bertz CT molecular complexity index is 519. The Morgan fingerprint density at radius 2 is 1.96 bits per heavy atom. The second-order valence-corrected chi connectivity index (χ2v) is 6.42. The number of nitrogens with one attached hydrogen (secondary N) is 2. The second-order valence-electron chi connectivity index (χ2n) is 6.42. The van der Waals surface area contributed by atoms with Gasteiger partial charge < -0.3 is 20.3 Å². The Labute approximate surface area is 173 Å². The maximum Gasteiger partial charge on any atom is 0.191 e. The molecule has 148 valence electrons. The molecule has 0 aliphatic carbocycles. The summed E-state index contributed by atoms with van der Waals surface area (Å²) in [6.07, 6.45) is 4.40. The van der Waals surface area contributed by atoms with E-state index in [1.807, 2.05) is 0 Å². The van der Waals surface area contributed by atoms with Crippen molar-refractivity contribution in [2.75, 3.05) is 39.8 Å². The van der Waals surface area contributed by atoms with Crippen LogP contribution in [0.4, 0.5) is 4.39 Å². The van der Waals surface area contributed by atoms with E-state index in [1.54, 1.807) is 19.2 Å². The molecule has 1 aliphatic rings. The maximum atomic E-state index is 12.8. The van der Waals surface area contributed by atoms with Crippen LogP contribution in [0.1, 0.15) is 32.6 Å². The Balaban J connectivity index is 0.00000338. The van der Waals surface area contributed by atoms with Gasteiger partial charge in [-0.2, -0.15) is 0 Å². The summed E-state index contributed by atoms with van der Waals surface area (Å²) in [4.78, 5) is 6.83. The molecule has 2 N–H and O–H groups in total. The van der Waals surface area contributed by atoms with Crippen LogP contribution in [-0.4, -0.2) is 56.7 Å². The molecule has 0 bridgehead atoms. The van der Waals surface area contributed by atoms with Crippen LogP contribution in [0.2, 0.25) is 0 Å². The van der Waals surface area contributed by atoms with Gasteiger partial charge in [0.25, 0.3) is 0 Å². The minimum atomic E-state index is -0.246. The number of ether oxygens (including phenoxy) is 1. The number of piperidine rings is 1. The number of hydrogen-bond donors (Lipinski definition) is 2. The minimum Gasteiger partial charge on any atom is -0.494 e. The molecule has 1 aliphatic heterocycles. The Kier molecular flexibility index (Phi) is 11.6. The molecule has 1 saturated heterocycles. The van der Waals surface area contributed by atoms with Crippen LogP contribution in [0.25, 0.3) is 0 Å². The van der Waals surface area contributed by atoms with Crippen molar-refractivity contribution in [2.24, 2.45) is 4.99 Å². The zero-order valence-corrected chi connectivity index (χ0v) is 18.2. The first kappa shape index (κ1) is 23.0. The minimum absolute atomic E-state index is 0. The molecule has 26 heavy (non-hydrogen) atoms. The predicted octanol–water partition coefficient (Wildman–Crippen LogP) is 3.25. The van der Waals surface area contributed by atoms with Gasteiger partial charge in [-0.15, -0.1) is 24.0 Å². The largest absolute Gasteiger partial charge is 0.494 e. The fraction of sp³-hybridized carbons (Fsp3) is 0.632. The van der Waals surface area contributed by atoms with Crippen molar-refractivity contribution in [3.05, 3.63) is 30.1 Å². The summed E-state index contributed by atoms with van der Waals surface area (Å²) in [7, 11) is 1.80. The predicted molar refractivity (Wildman–Crippen MR) is 116 cm³/mol. The highest BCUT2D eigenvalue weighted by molar-refractivity contribution is 14.0. The summed E-state index contributed by atoms with van der Waals surface area (Å²) in [5.74, 6) is 1.31. The number of aliphatic imine (C=N–C) groups is 1. The molecule has 0 spiro atoms. The summed E-state index contributed by atoms with van der Waals surface area (Å²) in [6, 6.07) is 6.60. The van der Waals surface area contributed by atoms with E-state index >= 15 is 0 Å². The SMILES string of the molecule is CCCN1CCC(NC(=NC)NCCCOc2ccc(F)cc2)CC1.I. The summed E-state index contributed by atoms with van der Waals surface area (Å²) in [5.41, 5.74) is 0. The molecule has 1 heterocycles. The molecular weight excluding hydrogens is 446 g/mol. The Morgan fingerprint density at radius 1 is 1.27 bits per heavy atom. The molecule has 0 unspecified atom stereocenters. The number of hydrogen-bond acceptors (Lipinski definition) is 3. The molecule has 1 aromatic carbocycles. The van der Waals surface area contributed by atoms with Crippen molar-refractivity contribution >= 4 is 29.9 Å². The van der Waals surface area contributed by atoms with E-state index in [9.17, 15) is 4.39 Å². The first-order chi connectivity index (χ1) is 12.2. The van der Waals surface area contributed by atoms with E-state index in [4.69, 9.17) is 4.74 Å². The third-order valence-corrected chi connectivity index (χ3v) is 4.39. The highest BCUT2D eigenvalue weighted by Crippen LogP contribution is 2.11. The van der Waals surface area contributed by atoms with Gasteiger partial charge in [-0.25, -0.2) is 4.39 Å². The first-order valence-corrected chi connectivity index (χ1v) is 9.29. The van der Waals surface area contributed by atoms with Gasteiger partial charge in [0.05, 0.1) is 6.61 Å². The standard InChI is InChI=1S/C19H31FN4O.HI/c1-3-12-24-13-9-17(10-14-24)23-19(21-2)22-11-4-15-25-18-7-5-16(20)6-8-18;/h5-8,17H,3-4,9-15H2,1-2H3,(H2,21,22,23);1H. The lowest BCUT2D eigenvalue weighted by Gasteiger charge is -2.32. The third-order valence-electron chi connectivity index (χ3n) is 4.39. The molecule has 0 saturated carbocycles. The zero-order valence-electron chi connectivity index (χ0n) is 15.8. The fourth-order valence-corrected chi connectivity index (χ4v) is 3.00. The van der Waals surface area contributed by atoms with E-state index < -0.39 is 0 Å². The molecule has 5 nitrogen and oxygen atoms in total. The summed E-state index contributed by atoms with van der Waals surface area (Å²) < 4.78 is 18.4. The van der Waals surface area contributed by atoms with Gasteiger partial charge in [0.2, 0.25) is 0 Å². The number of rotatable bonds is 8. The summed E-state index contributed by atoms with van der Waals surface area (Å²) in [6.45, 7) is 7.13. The maximum absolute atomic E-state index is 12.8. The molecular formula is C19H32FIN4O. The quantitative estimate of drug-likeness (QED) is 0.261. The van der Waals surface area contributed by atoms with Crippen LogP contribution < -0.4 is 15.4 Å². The van der Waals surface area contributed by atoms with Crippen LogP contribution in [-0.2, 0) is 0 Å². The monoisotopic (exact) mass is 478 g/mol. The van der Waals surface area contributed by atoms with Crippen molar-refractivity contribution in [1.82, 2.24) is 15.5 Å². The smallest absolute Gasteiger partial charge is 0.191 e. The average Bonchev–Trinajstić information content (AvgIpc) is 2.63. The van der Waals surface area contributed by atoms with Gasteiger partial charge >= 0.3 is 0 Å². The zero-order chi connectivity index (χ0) is 17.9. The van der Waals surface area contributed by atoms with E-state index in [2.05, 4.69) is 27.4 Å². The molecule has 0 atom stereocenters. The van der Waals surface area contributed by atoms with Crippen LogP contribution >= 0.6 is 24.0 Å². The number of guanidine groups is 1. The number of likely N-dealkylation sites (tertiary alicyclic amines) is 1. The van der Waals surface area contributed by atoms with Crippen LogP contribution in [0.15, 0.2) is 29.3 Å². The number of nitrogens with zero attached hydrogens (tertiary/aromatic N) is 2. The lowest BCUT2D eigenvalue weighted by atomic mass is 10.1. The molecule has 1 aromatic rings. The molecule has 2 rings (SSSR count). The Hall–Kier alpha value is -1.09. The van der Waals surface area contributed by atoms with Gasteiger partial charge in [0.1, 0.15) is 11.6 Å². The summed E-state index contributed by atoms with van der Waals surface area (Å²) >= 11 is 0. The van der Waals surface area contributed by atoms with E-state index in [1.165, 1.54) is 25.1 Å². The van der Waals surface area contributed by atoms with Crippen LogP contribution in [0.5, 0.6) is 5.75 Å². The Morgan fingerprint density at radius 3 is 2.58 bits per heavy atom. The topological polar surface area (TPSA) is 48.9 Å². The van der Waals surface area contributed by atoms with Gasteiger partial charge in [-0.3, -0.25) is 4.99 Å². The lowest BCUT2D eigenvalue weighted by molar-refractivity contribution is 0.206. The molecule has 0 amide bonds. The molecule has 7 heteroatoms. The van der Waals surface area contributed by atoms with Crippen molar-refractivity contribution in [3.63, 3.8) is 0 Å². The third kappa shape index (κ3) is 8.53. The number of halogens is 2. The van der Waals surface area contributed by atoms with E-state index in [0.717, 1.165) is 44.9 Å². The van der Waals surface area contributed by atoms with Crippen molar-refractivity contribution in [2.45, 2.75) is 38.6 Å². The van der Waals surface area contributed by atoms with Crippen molar-refractivity contribution in [1.29, 1.82) is 0 Å². The molecule has 1 fully saturated rings. The second kappa shape index (κ2) is 13.1. The number of benzene rings is 1. The van der Waals surface area contributed by atoms with Gasteiger partial charge in [0.15, 0.2) is 5.96 Å².